The van der Waals surface area contributed by atoms with Gasteiger partial charge in [-0.1, -0.05) is 54.6 Å². The van der Waals surface area contributed by atoms with Gasteiger partial charge in [0.1, 0.15) is 6.04 Å². The van der Waals surface area contributed by atoms with Gasteiger partial charge in [0.15, 0.2) is 5.78 Å². The molecule has 0 fully saturated rings. The molecule has 0 saturated heterocycles. The van der Waals surface area contributed by atoms with E-state index in [1.807, 2.05) is 78.9 Å². The van der Waals surface area contributed by atoms with Crippen molar-refractivity contribution < 1.29 is 9.59 Å². The van der Waals surface area contributed by atoms with Crippen LogP contribution < -0.4 is 10.6 Å². The van der Waals surface area contributed by atoms with E-state index in [4.69, 9.17) is 0 Å². The molecule has 1 amide bonds. The molecule has 3 aromatic carbocycles. The third kappa shape index (κ3) is 4.04. The van der Waals surface area contributed by atoms with Crippen molar-refractivity contribution in [3.05, 3.63) is 96.2 Å². The van der Waals surface area contributed by atoms with Gasteiger partial charge in [-0.15, -0.1) is 0 Å². The molecule has 0 spiro atoms. The van der Waals surface area contributed by atoms with Crippen molar-refractivity contribution in [1.82, 2.24) is 4.98 Å². The lowest BCUT2D eigenvalue weighted by atomic mass is 9.96. The zero-order valence-corrected chi connectivity index (χ0v) is 16.0. The van der Waals surface area contributed by atoms with Gasteiger partial charge in [-0.05, 0) is 29.8 Å². The molecule has 4 rings (SSSR count). The lowest BCUT2D eigenvalue weighted by Crippen LogP contribution is -2.21. The number of Topliss-reactive ketones (excluding diaryl/α,β-unsaturated/α-hetero) is 1. The monoisotopic (exact) mass is 383 g/mol. The molecule has 5 heteroatoms. The Kier molecular flexibility index (Phi) is 5.12. The molecule has 0 saturated carbocycles. The minimum atomic E-state index is -0.567. The maximum Gasteiger partial charge on any atom is 0.221 e. The molecule has 4 aromatic rings. The number of amides is 1. The number of carbonyl (C=O) groups excluding carboxylic acids is 2. The molecule has 0 unspecified atom stereocenters. The van der Waals surface area contributed by atoms with Crippen molar-refractivity contribution in [2.24, 2.45) is 0 Å². The van der Waals surface area contributed by atoms with Crippen LogP contribution in [0.15, 0.2) is 85.1 Å². The first-order chi connectivity index (χ1) is 14.1. The van der Waals surface area contributed by atoms with E-state index >= 15 is 0 Å². The fraction of sp³-hybridized carbons (Fsp3) is 0.0833. The van der Waals surface area contributed by atoms with Crippen LogP contribution in [0.2, 0.25) is 0 Å². The van der Waals surface area contributed by atoms with Gasteiger partial charge in [0.25, 0.3) is 0 Å². The highest BCUT2D eigenvalue weighted by Crippen LogP contribution is 2.28. The number of para-hydroxylation sites is 1. The Hall–Kier alpha value is -3.86. The van der Waals surface area contributed by atoms with Crippen LogP contribution >= 0.6 is 0 Å². The van der Waals surface area contributed by atoms with E-state index in [2.05, 4.69) is 15.6 Å². The number of aromatic nitrogens is 1. The fourth-order valence-corrected chi connectivity index (χ4v) is 3.43. The maximum atomic E-state index is 13.5. The number of fused-ring (bicyclic) bond motifs is 1. The summed E-state index contributed by atoms with van der Waals surface area (Å²) in [7, 11) is 0. The number of rotatable bonds is 6. The highest BCUT2D eigenvalue weighted by Gasteiger charge is 2.24. The Morgan fingerprint density at radius 3 is 2.38 bits per heavy atom. The Morgan fingerprint density at radius 1 is 0.862 bits per heavy atom. The molecule has 1 atom stereocenters. The number of benzene rings is 3. The second-order valence-corrected chi connectivity index (χ2v) is 6.86. The first-order valence-corrected chi connectivity index (χ1v) is 9.41. The summed E-state index contributed by atoms with van der Waals surface area (Å²) in [6, 6.07) is 24.2. The number of aromatic amines is 1. The number of ketones is 1. The normalized spacial score (nSPS) is 11.8. The molecule has 3 N–H and O–H groups in total. The quantitative estimate of drug-likeness (QED) is 0.403. The van der Waals surface area contributed by atoms with Crippen LogP contribution in [0, 0.1) is 0 Å². The number of H-pyrrole nitrogens is 1. The number of hydrogen-bond acceptors (Lipinski definition) is 3. The first kappa shape index (κ1) is 18.5. The largest absolute Gasteiger partial charge is 0.371 e. The van der Waals surface area contributed by atoms with Crippen LogP contribution in [0.4, 0.5) is 11.4 Å². The molecule has 0 bridgehead atoms. The molecule has 1 aromatic heterocycles. The van der Waals surface area contributed by atoms with Crippen LogP contribution in [0.5, 0.6) is 0 Å². The van der Waals surface area contributed by atoms with Crippen molar-refractivity contribution >= 4 is 34.0 Å². The van der Waals surface area contributed by atoms with E-state index < -0.39 is 6.04 Å². The average Bonchev–Trinajstić information content (AvgIpc) is 3.16. The standard InChI is InChI=1S/C24H21N3O2/c1-16(28)26-18-10-7-11-19(14-18)27-23(17-8-3-2-4-9-17)24(29)21-15-25-22-13-6-5-12-20(21)22/h2-15,23,25,27H,1H3,(H,26,28)/t23-/m0/s1. The Labute approximate surface area is 168 Å². The molecular weight excluding hydrogens is 362 g/mol. The fourth-order valence-electron chi connectivity index (χ4n) is 3.43. The topological polar surface area (TPSA) is 74.0 Å². The minimum absolute atomic E-state index is 0.0291. The molecule has 1 heterocycles. The van der Waals surface area contributed by atoms with E-state index in [0.717, 1.165) is 22.2 Å². The number of carbonyl (C=O) groups is 2. The third-order valence-electron chi connectivity index (χ3n) is 4.74. The summed E-state index contributed by atoms with van der Waals surface area (Å²) in [5.74, 6) is -0.171. The lowest BCUT2D eigenvalue weighted by Gasteiger charge is -2.20. The van der Waals surface area contributed by atoms with E-state index in [0.29, 0.717) is 11.3 Å². The predicted octanol–water partition coefficient (Wildman–Crippen LogP) is 5.16. The number of nitrogens with one attached hydrogen (secondary N) is 3. The summed E-state index contributed by atoms with van der Waals surface area (Å²) in [6.45, 7) is 1.47. The van der Waals surface area contributed by atoms with Crippen LogP contribution in [0.1, 0.15) is 28.9 Å². The van der Waals surface area contributed by atoms with Crippen LogP contribution in [0.3, 0.4) is 0 Å². The molecule has 0 radical (unpaired) electrons. The van der Waals surface area contributed by atoms with E-state index in [1.54, 1.807) is 6.20 Å². The molecule has 0 aliphatic carbocycles. The van der Waals surface area contributed by atoms with Crippen molar-refractivity contribution in [2.75, 3.05) is 10.6 Å². The third-order valence-corrected chi connectivity index (χ3v) is 4.74. The van der Waals surface area contributed by atoms with Gasteiger partial charge in [0.2, 0.25) is 5.91 Å². The van der Waals surface area contributed by atoms with Crippen molar-refractivity contribution in [3.63, 3.8) is 0 Å². The smallest absolute Gasteiger partial charge is 0.221 e. The van der Waals surface area contributed by atoms with Gasteiger partial charge in [-0.3, -0.25) is 9.59 Å². The summed E-state index contributed by atoms with van der Waals surface area (Å²) in [4.78, 5) is 28.1. The average molecular weight is 383 g/mol. The molecule has 5 nitrogen and oxygen atoms in total. The predicted molar refractivity (Wildman–Crippen MR) is 116 cm³/mol. The van der Waals surface area contributed by atoms with Crippen LogP contribution in [-0.4, -0.2) is 16.7 Å². The van der Waals surface area contributed by atoms with E-state index in [9.17, 15) is 9.59 Å². The summed E-state index contributed by atoms with van der Waals surface area (Å²) < 4.78 is 0. The zero-order valence-electron chi connectivity index (χ0n) is 16.0. The van der Waals surface area contributed by atoms with E-state index in [-0.39, 0.29) is 11.7 Å². The van der Waals surface area contributed by atoms with Crippen LogP contribution in [0.25, 0.3) is 10.9 Å². The van der Waals surface area contributed by atoms with Crippen LogP contribution in [-0.2, 0) is 4.79 Å². The highest BCUT2D eigenvalue weighted by molar-refractivity contribution is 6.11. The molecule has 29 heavy (non-hydrogen) atoms. The molecule has 0 aliphatic heterocycles. The number of hydrogen-bond donors (Lipinski definition) is 3. The summed E-state index contributed by atoms with van der Waals surface area (Å²) in [5.41, 5.74) is 3.86. The maximum absolute atomic E-state index is 13.5. The minimum Gasteiger partial charge on any atom is -0.371 e. The van der Waals surface area contributed by atoms with Crippen molar-refractivity contribution in [2.45, 2.75) is 13.0 Å². The van der Waals surface area contributed by atoms with E-state index in [1.165, 1.54) is 6.92 Å². The van der Waals surface area contributed by atoms with Crippen molar-refractivity contribution in [3.8, 4) is 0 Å². The second kappa shape index (κ2) is 8.02. The molecular formula is C24H21N3O2. The first-order valence-electron chi connectivity index (χ1n) is 9.41. The van der Waals surface area contributed by atoms with Gasteiger partial charge in [0, 0.05) is 41.0 Å². The second-order valence-electron chi connectivity index (χ2n) is 6.86. The Balaban J connectivity index is 1.71. The molecule has 0 aliphatic rings. The van der Waals surface area contributed by atoms with Gasteiger partial charge in [0.05, 0.1) is 0 Å². The number of anilines is 2. The van der Waals surface area contributed by atoms with Gasteiger partial charge >= 0.3 is 0 Å². The highest BCUT2D eigenvalue weighted by atomic mass is 16.1. The SMILES string of the molecule is CC(=O)Nc1cccc(N[C@H](C(=O)c2c[nH]c3ccccc23)c2ccccc2)c1. The summed E-state index contributed by atoms with van der Waals surface area (Å²) in [5, 5.41) is 7.01. The summed E-state index contributed by atoms with van der Waals surface area (Å²) in [6.07, 6.45) is 1.76. The van der Waals surface area contributed by atoms with Gasteiger partial charge < -0.3 is 15.6 Å². The van der Waals surface area contributed by atoms with Gasteiger partial charge in [-0.25, -0.2) is 0 Å². The Bertz CT molecular complexity index is 1160. The Morgan fingerprint density at radius 2 is 1.59 bits per heavy atom. The van der Waals surface area contributed by atoms with Gasteiger partial charge in [-0.2, -0.15) is 0 Å². The molecule has 144 valence electrons. The summed E-state index contributed by atoms with van der Waals surface area (Å²) >= 11 is 0. The lowest BCUT2D eigenvalue weighted by molar-refractivity contribution is -0.114. The van der Waals surface area contributed by atoms with Crippen molar-refractivity contribution in [1.29, 1.82) is 0 Å². The zero-order chi connectivity index (χ0) is 20.2.